The lowest BCUT2D eigenvalue weighted by molar-refractivity contribution is -0.142. The molecule has 25 heavy (non-hydrogen) atoms. The van der Waals surface area contributed by atoms with Crippen LogP contribution in [0, 0.1) is 5.82 Å². The number of amides is 1. The number of hydrogen-bond acceptors (Lipinski definition) is 4. The zero-order valence-corrected chi connectivity index (χ0v) is 14.6. The number of rotatable bonds is 6. The van der Waals surface area contributed by atoms with Gasteiger partial charge in [-0.05, 0) is 56.5 Å². The van der Waals surface area contributed by atoms with Gasteiger partial charge in [0, 0.05) is 19.6 Å². The zero-order valence-electron chi connectivity index (χ0n) is 14.6. The van der Waals surface area contributed by atoms with Gasteiger partial charge in [-0.3, -0.25) is 4.79 Å². The Bertz CT molecular complexity index is 582. The molecule has 1 aromatic carbocycles. The van der Waals surface area contributed by atoms with Gasteiger partial charge in [-0.15, -0.1) is 0 Å². The molecule has 0 radical (unpaired) electrons. The Morgan fingerprint density at radius 3 is 2.56 bits per heavy atom. The van der Waals surface area contributed by atoms with E-state index in [0.717, 1.165) is 25.2 Å². The number of aliphatic hydroxyl groups excluding tert-OH is 1. The van der Waals surface area contributed by atoms with Crippen molar-refractivity contribution in [3.05, 3.63) is 35.6 Å². The summed E-state index contributed by atoms with van der Waals surface area (Å²) in [6, 6.07) is 6.59. The van der Waals surface area contributed by atoms with Crippen LogP contribution in [0.1, 0.15) is 31.2 Å². The van der Waals surface area contributed by atoms with Gasteiger partial charge in [-0.1, -0.05) is 12.1 Å². The number of likely N-dealkylation sites (tertiary alicyclic amines) is 2. The predicted molar refractivity (Wildman–Crippen MR) is 92.6 cm³/mol. The van der Waals surface area contributed by atoms with Crippen LogP contribution in [0.2, 0.25) is 0 Å². The van der Waals surface area contributed by atoms with Crippen LogP contribution in [0.3, 0.4) is 0 Å². The zero-order chi connectivity index (χ0) is 17.7. The molecule has 3 rings (SSSR count). The van der Waals surface area contributed by atoms with Crippen molar-refractivity contribution in [1.82, 2.24) is 9.80 Å². The summed E-state index contributed by atoms with van der Waals surface area (Å²) in [6.07, 6.45) is 3.71. The Balaban J connectivity index is 1.69. The number of piperidine rings is 1. The first-order valence-electron chi connectivity index (χ1n) is 9.14. The summed E-state index contributed by atoms with van der Waals surface area (Å²) in [5, 5.41) is 9.06. The molecule has 5 nitrogen and oxygen atoms in total. The van der Waals surface area contributed by atoms with Crippen LogP contribution in [-0.4, -0.2) is 66.8 Å². The fourth-order valence-electron chi connectivity index (χ4n) is 3.88. The second-order valence-electron chi connectivity index (χ2n) is 6.94. The molecule has 2 saturated heterocycles. The van der Waals surface area contributed by atoms with Gasteiger partial charge >= 0.3 is 0 Å². The van der Waals surface area contributed by atoms with Gasteiger partial charge < -0.3 is 19.6 Å². The highest BCUT2D eigenvalue weighted by Gasteiger charge is 2.38. The molecule has 1 amide bonds. The molecule has 6 heteroatoms. The third-order valence-electron chi connectivity index (χ3n) is 5.39. The summed E-state index contributed by atoms with van der Waals surface area (Å²) in [5.74, 6) is -0.529. The number of aliphatic hydroxyl groups is 1. The summed E-state index contributed by atoms with van der Waals surface area (Å²) in [4.78, 5) is 15.8. The van der Waals surface area contributed by atoms with Crippen LogP contribution in [-0.2, 0) is 15.1 Å². The fourth-order valence-corrected chi connectivity index (χ4v) is 3.88. The highest BCUT2D eigenvalue weighted by atomic mass is 19.1. The summed E-state index contributed by atoms with van der Waals surface area (Å²) in [5.41, 5.74) is 0.277. The molecule has 0 aliphatic carbocycles. The average Bonchev–Trinajstić information content (AvgIpc) is 3.15. The molecule has 1 aromatic rings. The smallest absolute Gasteiger partial charge is 0.248 e. The van der Waals surface area contributed by atoms with Crippen molar-refractivity contribution in [3.8, 4) is 0 Å². The van der Waals surface area contributed by atoms with Crippen LogP contribution in [0.15, 0.2) is 24.3 Å². The maximum absolute atomic E-state index is 13.8. The SMILES string of the molecule is O=C(CO)N1CCC(OCCN2CCCC2)(c2cccc(F)c2)CC1. The highest BCUT2D eigenvalue weighted by Crippen LogP contribution is 2.37. The lowest BCUT2D eigenvalue weighted by Gasteiger charge is -2.42. The van der Waals surface area contributed by atoms with E-state index in [2.05, 4.69) is 4.90 Å². The Hall–Kier alpha value is -1.50. The average molecular weight is 350 g/mol. The monoisotopic (exact) mass is 350 g/mol. The molecule has 2 fully saturated rings. The second kappa shape index (κ2) is 8.25. The van der Waals surface area contributed by atoms with Crippen molar-refractivity contribution in [2.75, 3.05) is 45.9 Å². The number of ether oxygens (including phenoxy) is 1. The second-order valence-corrected chi connectivity index (χ2v) is 6.94. The van der Waals surface area contributed by atoms with Crippen LogP contribution >= 0.6 is 0 Å². The Kier molecular flexibility index (Phi) is 6.04. The quantitative estimate of drug-likeness (QED) is 0.849. The van der Waals surface area contributed by atoms with E-state index in [0.29, 0.717) is 32.5 Å². The Labute approximate surface area is 148 Å². The van der Waals surface area contributed by atoms with Crippen LogP contribution in [0.25, 0.3) is 0 Å². The molecule has 0 saturated carbocycles. The van der Waals surface area contributed by atoms with E-state index in [-0.39, 0.29) is 11.7 Å². The molecule has 138 valence electrons. The predicted octanol–water partition coefficient (Wildman–Crippen LogP) is 1.75. The van der Waals surface area contributed by atoms with Crippen molar-refractivity contribution in [2.45, 2.75) is 31.3 Å². The van der Waals surface area contributed by atoms with Gasteiger partial charge in [0.15, 0.2) is 0 Å². The van der Waals surface area contributed by atoms with Gasteiger partial charge in [0.1, 0.15) is 12.4 Å². The van der Waals surface area contributed by atoms with Gasteiger partial charge in [-0.2, -0.15) is 0 Å². The number of hydrogen-bond donors (Lipinski definition) is 1. The van der Waals surface area contributed by atoms with Gasteiger partial charge in [0.25, 0.3) is 0 Å². The Morgan fingerprint density at radius 2 is 1.92 bits per heavy atom. The fraction of sp³-hybridized carbons (Fsp3) is 0.632. The van der Waals surface area contributed by atoms with Crippen LogP contribution < -0.4 is 0 Å². The minimum atomic E-state index is -0.561. The van der Waals surface area contributed by atoms with Crippen LogP contribution in [0.5, 0.6) is 0 Å². The van der Waals surface area contributed by atoms with E-state index in [1.807, 2.05) is 6.07 Å². The van der Waals surface area contributed by atoms with Gasteiger partial charge in [0.2, 0.25) is 5.91 Å². The molecular formula is C19H27FN2O3. The molecule has 0 aromatic heterocycles. The van der Waals surface area contributed by atoms with Crippen molar-refractivity contribution >= 4 is 5.91 Å². The summed E-state index contributed by atoms with van der Waals surface area (Å²) >= 11 is 0. The number of halogens is 1. The standard InChI is InChI=1S/C19H27FN2O3/c20-17-5-3-4-16(14-17)19(25-13-12-21-8-1-2-9-21)6-10-22(11-7-19)18(24)15-23/h3-5,14,23H,1-2,6-13,15H2. The third-order valence-corrected chi connectivity index (χ3v) is 5.39. The molecule has 0 atom stereocenters. The van der Waals surface area contributed by atoms with E-state index in [4.69, 9.17) is 9.84 Å². The van der Waals surface area contributed by atoms with E-state index >= 15 is 0 Å². The van der Waals surface area contributed by atoms with Crippen molar-refractivity contribution in [3.63, 3.8) is 0 Å². The normalized spacial score (nSPS) is 20.8. The molecule has 2 aliphatic rings. The number of benzene rings is 1. The van der Waals surface area contributed by atoms with Crippen molar-refractivity contribution < 1.29 is 19.0 Å². The lowest BCUT2D eigenvalue weighted by Crippen LogP contribution is -2.48. The summed E-state index contributed by atoms with van der Waals surface area (Å²) in [7, 11) is 0. The number of nitrogens with zero attached hydrogens (tertiary/aromatic N) is 2. The Morgan fingerprint density at radius 1 is 1.20 bits per heavy atom. The molecule has 1 N–H and O–H groups in total. The van der Waals surface area contributed by atoms with E-state index in [9.17, 15) is 9.18 Å². The summed E-state index contributed by atoms with van der Waals surface area (Å²) < 4.78 is 20.1. The molecule has 2 heterocycles. The van der Waals surface area contributed by atoms with E-state index in [1.165, 1.54) is 18.9 Å². The van der Waals surface area contributed by atoms with Crippen molar-refractivity contribution in [1.29, 1.82) is 0 Å². The first-order valence-corrected chi connectivity index (χ1v) is 9.14. The van der Waals surface area contributed by atoms with Crippen molar-refractivity contribution in [2.24, 2.45) is 0 Å². The minimum absolute atomic E-state index is 0.259. The molecular weight excluding hydrogens is 323 g/mol. The van der Waals surface area contributed by atoms with E-state index in [1.54, 1.807) is 17.0 Å². The molecule has 0 unspecified atom stereocenters. The van der Waals surface area contributed by atoms with Crippen LogP contribution in [0.4, 0.5) is 4.39 Å². The van der Waals surface area contributed by atoms with E-state index < -0.39 is 12.2 Å². The molecule has 0 spiro atoms. The van der Waals surface area contributed by atoms with Gasteiger partial charge in [0.05, 0.1) is 12.2 Å². The number of carbonyl (C=O) groups is 1. The molecule has 0 bridgehead atoms. The lowest BCUT2D eigenvalue weighted by atomic mass is 9.84. The minimum Gasteiger partial charge on any atom is -0.387 e. The topological polar surface area (TPSA) is 53.0 Å². The first kappa shape index (κ1) is 18.3. The van der Waals surface area contributed by atoms with Gasteiger partial charge in [-0.25, -0.2) is 4.39 Å². The number of carbonyl (C=O) groups excluding carboxylic acids is 1. The summed E-state index contributed by atoms with van der Waals surface area (Å²) in [6.45, 7) is 4.28. The molecule has 2 aliphatic heterocycles. The maximum Gasteiger partial charge on any atom is 0.248 e. The largest absolute Gasteiger partial charge is 0.387 e. The first-order chi connectivity index (χ1) is 12.1. The third kappa shape index (κ3) is 4.37. The maximum atomic E-state index is 13.8. The highest BCUT2D eigenvalue weighted by molar-refractivity contribution is 5.77.